The molecule has 26 heavy (non-hydrogen) atoms. The molecule has 1 aromatic heterocycles. The molecule has 0 saturated heterocycles. The van der Waals surface area contributed by atoms with E-state index in [0.29, 0.717) is 42.8 Å². The van der Waals surface area contributed by atoms with Gasteiger partial charge in [0.15, 0.2) is 11.5 Å². The number of aliphatic carboxylic acids is 1. The van der Waals surface area contributed by atoms with Crippen molar-refractivity contribution in [1.82, 2.24) is 4.98 Å². The molecule has 0 bridgehead atoms. The van der Waals surface area contributed by atoms with Crippen LogP contribution in [0.3, 0.4) is 0 Å². The highest BCUT2D eigenvalue weighted by atomic mass is 16.4. The van der Waals surface area contributed by atoms with Crippen LogP contribution in [-0.4, -0.2) is 22.0 Å². The number of carboxylic acid groups (broad SMARTS) is 1. The fourth-order valence-electron chi connectivity index (χ4n) is 3.43. The minimum absolute atomic E-state index is 0.0494. The molecule has 0 spiro atoms. The minimum Gasteiger partial charge on any atom is -0.481 e. The zero-order valence-electron chi connectivity index (χ0n) is 15.5. The maximum Gasteiger partial charge on any atom is 0.306 e. The summed E-state index contributed by atoms with van der Waals surface area (Å²) >= 11 is 0. The Labute approximate surface area is 153 Å². The first kappa shape index (κ1) is 18.4. The number of carbonyl (C=O) groups excluding carboxylic acids is 1. The summed E-state index contributed by atoms with van der Waals surface area (Å²) in [6, 6.07) is 5.46. The number of hydrogen-bond donors (Lipinski definition) is 2. The highest BCUT2D eigenvalue weighted by Crippen LogP contribution is 2.30. The maximum absolute atomic E-state index is 12.5. The number of aromatic nitrogens is 1. The van der Waals surface area contributed by atoms with Crippen molar-refractivity contribution in [2.24, 2.45) is 17.3 Å². The van der Waals surface area contributed by atoms with Crippen molar-refractivity contribution < 1.29 is 19.1 Å². The lowest BCUT2D eigenvalue weighted by Crippen LogP contribution is -2.29. The van der Waals surface area contributed by atoms with E-state index in [-0.39, 0.29) is 23.2 Å². The standard InChI is InChI=1S/C20H26N2O4/c1-20(2,3)11-17-22-15-10-14(8-9-16(15)26-17)21-18(23)12-4-6-13(7-5-12)19(24)25/h8-10,12-13H,4-7,11H2,1-3H3,(H,21,23)(H,24,25). The van der Waals surface area contributed by atoms with Gasteiger partial charge in [0.25, 0.3) is 0 Å². The van der Waals surface area contributed by atoms with Crippen molar-refractivity contribution in [2.45, 2.75) is 52.9 Å². The minimum atomic E-state index is -0.758. The van der Waals surface area contributed by atoms with Gasteiger partial charge in [-0.25, -0.2) is 4.98 Å². The number of anilines is 1. The fraction of sp³-hybridized carbons (Fsp3) is 0.550. The van der Waals surface area contributed by atoms with Crippen molar-refractivity contribution in [3.8, 4) is 0 Å². The van der Waals surface area contributed by atoms with Crippen LogP contribution in [-0.2, 0) is 16.0 Å². The number of nitrogens with one attached hydrogen (secondary N) is 1. The first-order valence-electron chi connectivity index (χ1n) is 9.14. The van der Waals surface area contributed by atoms with E-state index in [1.807, 2.05) is 18.2 Å². The quantitative estimate of drug-likeness (QED) is 0.852. The molecular weight excluding hydrogens is 332 g/mol. The van der Waals surface area contributed by atoms with Gasteiger partial charge in [-0.15, -0.1) is 0 Å². The summed E-state index contributed by atoms with van der Waals surface area (Å²) in [7, 11) is 0. The van der Waals surface area contributed by atoms with E-state index < -0.39 is 5.97 Å². The van der Waals surface area contributed by atoms with Gasteiger partial charge < -0.3 is 14.8 Å². The predicted molar refractivity (Wildman–Crippen MR) is 98.9 cm³/mol. The summed E-state index contributed by atoms with van der Waals surface area (Å²) in [5, 5.41) is 12.0. The average Bonchev–Trinajstić information content (AvgIpc) is 2.94. The van der Waals surface area contributed by atoms with Gasteiger partial charge in [-0.05, 0) is 49.3 Å². The smallest absolute Gasteiger partial charge is 0.306 e. The van der Waals surface area contributed by atoms with Crippen LogP contribution < -0.4 is 5.32 Å². The Morgan fingerprint density at radius 2 is 1.85 bits per heavy atom. The third-order valence-corrected chi connectivity index (χ3v) is 4.83. The lowest BCUT2D eigenvalue weighted by Gasteiger charge is -2.25. The Balaban J connectivity index is 1.65. The number of fused-ring (bicyclic) bond motifs is 1. The van der Waals surface area contributed by atoms with E-state index in [0.717, 1.165) is 11.9 Å². The van der Waals surface area contributed by atoms with E-state index in [4.69, 9.17) is 9.52 Å². The molecule has 1 amide bonds. The Morgan fingerprint density at radius 1 is 1.19 bits per heavy atom. The lowest BCUT2D eigenvalue weighted by atomic mass is 9.81. The fourth-order valence-corrected chi connectivity index (χ4v) is 3.43. The van der Waals surface area contributed by atoms with E-state index in [9.17, 15) is 9.59 Å². The van der Waals surface area contributed by atoms with E-state index in [1.165, 1.54) is 0 Å². The number of rotatable bonds is 4. The van der Waals surface area contributed by atoms with Gasteiger partial charge in [-0.3, -0.25) is 9.59 Å². The SMILES string of the molecule is CC(C)(C)Cc1nc2cc(NC(=O)C3CCC(C(=O)O)CC3)ccc2o1. The molecule has 2 aromatic rings. The zero-order chi connectivity index (χ0) is 18.9. The second-order valence-corrected chi connectivity index (χ2v) is 8.40. The number of oxazole rings is 1. The maximum atomic E-state index is 12.5. The molecule has 140 valence electrons. The number of carboxylic acids is 1. The molecule has 1 saturated carbocycles. The van der Waals surface area contributed by atoms with Gasteiger partial charge in [0, 0.05) is 18.0 Å². The first-order valence-corrected chi connectivity index (χ1v) is 9.14. The summed E-state index contributed by atoms with van der Waals surface area (Å²) < 4.78 is 5.78. The van der Waals surface area contributed by atoms with Crippen molar-refractivity contribution in [3.05, 3.63) is 24.1 Å². The Kier molecular flexibility index (Phi) is 5.03. The molecule has 6 nitrogen and oxygen atoms in total. The molecule has 1 heterocycles. The van der Waals surface area contributed by atoms with Crippen LogP contribution in [0.1, 0.15) is 52.3 Å². The molecule has 1 aliphatic carbocycles. The molecular formula is C20H26N2O4. The van der Waals surface area contributed by atoms with Crippen molar-refractivity contribution in [3.63, 3.8) is 0 Å². The molecule has 0 atom stereocenters. The van der Waals surface area contributed by atoms with Crippen molar-refractivity contribution >= 4 is 28.7 Å². The molecule has 1 aromatic carbocycles. The van der Waals surface area contributed by atoms with E-state index in [2.05, 4.69) is 31.1 Å². The van der Waals surface area contributed by atoms with Crippen LogP contribution in [0.4, 0.5) is 5.69 Å². The Morgan fingerprint density at radius 3 is 2.46 bits per heavy atom. The molecule has 0 aliphatic heterocycles. The third kappa shape index (κ3) is 4.42. The molecule has 6 heteroatoms. The van der Waals surface area contributed by atoms with Crippen LogP contribution in [0.15, 0.2) is 22.6 Å². The van der Waals surface area contributed by atoms with E-state index >= 15 is 0 Å². The largest absolute Gasteiger partial charge is 0.481 e. The predicted octanol–water partition coefficient (Wildman–Crippen LogP) is 4.25. The molecule has 0 unspecified atom stereocenters. The summed E-state index contributed by atoms with van der Waals surface area (Å²) in [4.78, 5) is 28.0. The molecule has 2 N–H and O–H groups in total. The van der Waals surface area contributed by atoms with Gasteiger partial charge >= 0.3 is 5.97 Å². The van der Waals surface area contributed by atoms with Crippen LogP contribution in [0, 0.1) is 17.3 Å². The van der Waals surface area contributed by atoms with Gasteiger partial charge in [0.2, 0.25) is 5.91 Å². The summed E-state index contributed by atoms with van der Waals surface area (Å²) in [5.74, 6) is -0.553. The number of carbonyl (C=O) groups is 2. The highest BCUT2D eigenvalue weighted by molar-refractivity contribution is 5.94. The topological polar surface area (TPSA) is 92.4 Å². The van der Waals surface area contributed by atoms with Gasteiger partial charge in [0.1, 0.15) is 5.52 Å². The van der Waals surface area contributed by atoms with E-state index in [1.54, 1.807) is 0 Å². The monoisotopic (exact) mass is 358 g/mol. The lowest BCUT2D eigenvalue weighted by molar-refractivity contribution is -0.143. The third-order valence-electron chi connectivity index (χ3n) is 4.83. The molecule has 1 fully saturated rings. The molecule has 1 aliphatic rings. The normalized spacial score (nSPS) is 20.9. The number of nitrogens with zero attached hydrogens (tertiary/aromatic N) is 1. The van der Waals surface area contributed by atoms with Crippen LogP contribution >= 0.6 is 0 Å². The van der Waals surface area contributed by atoms with Gasteiger partial charge in [-0.1, -0.05) is 20.8 Å². The van der Waals surface area contributed by atoms with Gasteiger partial charge in [0.05, 0.1) is 5.92 Å². The summed E-state index contributed by atoms with van der Waals surface area (Å²) in [6.45, 7) is 6.39. The number of hydrogen-bond acceptors (Lipinski definition) is 4. The average molecular weight is 358 g/mol. The van der Waals surface area contributed by atoms with Gasteiger partial charge in [-0.2, -0.15) is 0 Å². The van der Waals surface area contributed by atoms with Crippen LogP contribution in [0.5, 0.6) is 0 Å². The van der Waals surface area contributed by atoms with Crippen molar-refractivity contribution in [1.29, 1.82) is 0 Å². The highest BCUT2D eigenvalue weighted by Gasteiger charge is 2.29. The molecule has 0 radical (unpaired) electrons. The summed E-state index contributed by atoms with van der Waals surface area (Å²) in [6.07, 6.45) is 3.10. The van der Waals surface area contributed by atoms with Crippen LogP contribution in [0.2, 0.25) is 0 Å². The molecule has 3 rings (SSSR count). The Hall–Kier alpha value is -2.37. The Bertz CT molecular complexity index is 811. The second-order valence-electron chi connectivity index (χ2n) is 8.40. The summed E-state index contributed by atoms with van der Waals surface area (Å²) in [5.41, 5.74) is 2.23. The second kappa shape index (κ2) is 7.09. The van der Waals surface area contributed by atoms with Crippen LogP contribution in [0.25, 0.3) is 11.1 Å². The number of benzene rings is 1. The zero-order valence-corrected chi connectivity index (χ0v) is 15.5. The first-order chi connectivity index (χ1) is 12.2. The number of amides is 1. The van der Waals surface area contributed by atoms with Crippen molar-refractivity contribution in [2.75, 3.05) is 5.32 Å².